The van der Waals surface area contributed by atoms with Gasteiger partial charge in [-0.1, -0.05) is 23.7 Å². The lowest BCUT2D eigenvalue weighted by Gasteiger charge is -2.08. The third kappa shape index (κ3) is 6.46. The fourth-order valence-corrected chi connectivity index (χ4v) is 1.13. The van der Waals surface area contributed by atoms with Crippen LogP contribution in [-0.4, -0.2) is 21.8 Å². The smallest absolute Gasteiger partial charge is 0.0570 e. The van der Waals surface area contributed by atoms with E-state index in [1.54, 1.807) is 6.92 Å². The lowest BCUT2D eigenvalue weighted by atomic mass is 9.99. The second-order valence-corrected chi connectivity index (χ2v) is 3.42. The SMILES string of the molecule is CCC(C)=NO.ON=C1CCCCC1. The van der Waals surface area contributed by atoms with Crippen LogP contribution in [0.2, 0.25) is 0 Å². The predicted octanol–water partition coefficient (Wildman–Crippen LogP) is 3.03. The number of rotatable bonds is 1. The average molecular weight is 200 g/mol. The van der Waals surface area contributed by atoms with Gasteiger partial charge in [0.25, 0.3) is 0 Å². The molecule has 0 amide bonds. The van der Waals surface area contributed by atoms with E-state index in [0.29, 0.717) is 0 Å². The third-order valence-corrected chi connectivity index (χ3v) is 2.25. The minimum Gasteiger partial charge on any atom is -0.411 e. The molecule has 0 saturated heterocycles. The molecule has 0 spiro atoms. The Morgan fingerprint density at radius 2 is 1.79 bits per heavy atom. The largest absolute Gasteiger partial charge is 0.411 e. The quantitative estimate of drug-likeness (QED) is 0.388. The Kier molecular flexibility index (Phi) is 7.89. The lowest BCUT2D eigenvalue weighted by molar-refractivity contribution is 0.314. The highest BCUT2D eigenvalue weighted by molar-refractivity contribution is 5.84. The van der Waals surface area contributed by atoms with Crippen LogP contribution in [0.3, 0.4) is 0 Å². The Morgan fingerprint density at radius 3 is 2.00 bits per heavy atom. The predicted molar refractivity (Wildman–Crippen MR) is 57.5 cm³/mol. The number of hydrogen-bond acceptors (Lipinski definition) is 4. The van der Waals surface area contributed by atoms with Crippen molar-refractivity contribution in [2.75, 3.05) is 0 Å². The van der Waals surface area contributed by atoms with Gasteiger partial charge in [0.05, 0.1) is 11.4 Å². The first-order chi connectivity index (χ1) is 6.74. The average Bonchev–Trinajstić information content (AvgIpc) is 2.30. The summed E-state index contributed by atoms with van der Waals surface area (Å²) in [6.45, 7) is 3.72. The van der Waals surface area contributed by atoms with Gasteiger partial charge < -0.3 is 10.4 Å². The first-order valence-electron chi connectivity index (χ1n) is 5.11. The summed E-state index contributed by atoms with van der Waals surface area (Å²) in [5.41, 5.74) is 1.76. The van der Waals surface area contributed by atoms with Crippen LogP contribution in [-0.2, 0) is 0 Å². The normalized spacial score (nSPS) is 17.0. The van der Waals surface area contributed by atoms with Crippen LogP contribution in [0.5, 0.6) is 0 Å². The molecule has 1 aliphatic rings. The van der Waals surface area contributed by atoms with Crippen molar-refractivity contribution >= 4 is 11.4 Å². The van der Waals surface area contributed by atoms with Crippen molar-refractivity contribution in [2.24, 2.45) is 10.3 Å². The van der Waals surface area contributed by atoms with Gasteiger partial charge in [0.15, 0.2) is 0 Å². The first-order valence-corrected chi connectivity index (χ1v) is 5.11. The monoisotopic (exact) mass is 200 g/mol. The van der Waals surface area contributed by atoms with E-state index >= 15 is 0 Å². The van der Waals surface area contributed by atoms with Crippen molar-refractivity contribution in [1.29, 1.82) is 0 Å². The zero-order chi connectivity index (χ0) is 10.8. The van der Waals surface area contributed by atoms with Crippen molar-refractivity contribution in [3.63, 3.8) is 0 Å². The second kappa shape index (κ2) is 8.53. The lowest BCUT2D eigenvalue weighted by Crippen LogP contribution is -2.03. The molecule has 0 aromatic rings. The molecule has 82 valence electrons. The van der Waals surface area contributed by atoms with Crippen LogP contribution < -0.4 is 0 Å². The van der Waals surface area contributed by atoms with Gasteiger partial charge in [-0.2, -0.15) is 0 Å². The van der Waals surface area contributed by atoms with E-state index in [1.807, 2.05) is 6.92 Å². The topological polar surface area (TPSA) is 65.2 Å². The summed E-state index contributed by atoms with van der Waals surface area (Å²) in [6.07, 6.45) is 6.57. The van der Waals surface area contributed by atoms with E-state index in [0.717, 1.165) is 30.7 Å². The van der Waals surface area contributed by atoms with Gasteiger partial charge in [-0.05, 0) is 39.0 Å². The van der Waals surface area contributed by atoms with Crippen molar-refractivity contribution in [3.8, 4) is 0 Å². The van der Waals surface area contributed by atoms with Crippen LogP contribution in [0.4, 0.5) is 0 Å². The van der Waals surface area contributed by atoms with Crippen molar-refractivity contribution < 1.29 is 10.4 Å². The molecule has 0 aromatic heterocycles. The van der Waals surface area contributed by atoms with Gasteiger partial charge in [0.2, 0.25) is 0 Å². The van der Waals surface area contributed by atoms with Crippen LogP contribution >= 0.6 is 0 Å². The summed E-state index contributed by atoms with van der Waals surface area (Å²) in [6, 6.07) is 0. The van der Waals surface area contributed by atoms with Gasteiger partial charge >= 0.3 is 0 Å². The molecule has 0 aliphatic heterocycles. The zero-order valence-electron chi connectivity index (χ0n) is 9.03. The molecule has 0 radical (unpaired) electrons. The van der Waals surface area contributed by atoms with E-state index in [4.69, 9.17) is 10.4 Å². The Morgan fingerprint density at radius 1 is 1.21 bits per heavy atom. The number of hydrogen-bond donors (Lipinski definition) is 2. The molecular formula is C10H20N2O2. The molecule has 1 aliphatic carbocycles. The minimum absolute atomic E-state index is 0.773. The van der Waals surface area contributed by atoms with E-state index in [1.165, 1.54) is 19.3 Å². The number of nitrogens with zero attached hydrogens (tertiary/aromatic N) is 2. The summed E-state index contributed by atoms with van der Waals surface area (Å²) < 4.78 is 0. The first kappa shape index (κ1) is 12.9. The summed E-state index contributed by atoms with van der Waals surface area (Å²) >= 11 is 0. The highest BCUT2D eigenvalue weighted by Crippen LogP contribution is 2.13. The van der Waals surface area contributed by atoms with Gasteiger partial charge in [-0.3, -0.25) is 0 Å². The second-order valence-electron chi connectivity index (χ2n) is 3.42. The van der Waals surface area contributed by atoms with Crippen LogP contribution in [0.15, 0.2) is 10.3 Å². The van der Waals surface area contributed by atoms with E-state index in [-0.39, 0.29) is 0 Å². The molecule has 0 aromatic carbocycles. The molecule has 0 heterocycles. The van der Waals surface area contributed by atoms with Gasteiger partial charge in [0, 0.05) is 0 Å². The molecular weight excluding hydrogens is 180 g/mol. The molecule has 0 atom stereocenters. The molecule has 4 nitrogen and oxygen atoms in total. The fraction of sp³-hybridized carbons (Fsp3) is 0.800. The zero-order valence-corrected chi connectivity index (χ0v) is 9.03. The Hall–Kier alpha value is -1.06. The van der Waals surface area contributed by atoms with Gasteiger partial charge in [0.1, 0.15) is 0 Å². The van der Waals surface area contributed by atoms with Crippen LogP contribution in [0.25, 0.3) is 0 Å². The fourth-order valence-electron chi connectivity index (χ4n) is 1.13. The molecule has 0 bridgehead atoms. The summed E-state index contributed by atoms with van der Waals surface area (Å²) in [5.74, 6) is 0. The highest BCUT2D eigenvalue weighted by atomic mass is 16.4. The van der Waals surface area contributed by atoms with Crippen molar-refractivity contribution in [1.82, 2.24) is 0 Å². The summed E-state index contributed by atoms with van der Waals surface area (Å²) in [4.78, 5) is 0. The van der Waals surface area contributed by atoms with Crippen LogP contribution in [0, 0.1) is 0 Å². The van der Waals surface area contributed by atoms with Crippen molar-refractivity contribution in [2.45, 2.75) is 52.4 Å². The molecule has 4 heteroatoms. The highest BCUT2D eigenvalue weighted by Gasteiger charge is 2.05. The van der Waals surface area contributed by atoms with E-state index in [2.05, 4.69) is 10.3 Å². The van der Waals surface area contributed by atoms with Gasteiger partial charge in [-0.15, -0.1) is 0 Å². The molecule has 14 heavy (non-hydrogen) atoms. The van der Waals surface area contributed by atoms with Gasteiger partial charge in [-0.25, -0.2) is 0 Å². The summed E-state index contributed by atoms with van der Waals surface area (Å²) in [5, 5.41) is 22.3. The Bertz CT molecular complexity index is 192. The van der Waals surface area contributed by atoms with Crippen molar-refractivity contribution in [3.05, 3.63) is 0 Å². The third-order valence-electron chi connectivity index (χ3n) is 2.25. The maximum Gasteiger partial charge on any atom is 0.0570 e. The Balaban J connectivity index is 0.000000255. The minimum atomic E-state index is 0.773. The molecule has 0 unspecified atom stereocenters. The standard InChI is InChI=1S/C6H11NO.C4H9NO/c8-7-6-4-2-1-3-5-6;1-3-4(2)5-6/h8H,1-5H2;6H,3H2,1-2H3. The molecule has 2 N–H and O–H groups in total. The maximum absolute atomic E-state index is 8.28. The maximum atomic E-state index is 8.28. The van der Waals surface area contributed by atoms with Crippen LogP contribution in [0.1, 0.15) is 52.4 Å². The Labute approximate surface area is 85.3 Å². The number of oxime groups is 2. The molecule has 1 rings (SSSR count). The van der Waals surface area contributed by atoms with E-state index in [9.17, 15) is 0 Å². The van der Waals surface area contributed by atoms with E-state index < -0.39 is 0 Å². The molecule has 1 saturated carbocycles. The molecule has 1 fully saturated rings. The summed E-state index contributed by atoms with van der Waals surface area (Å²) in [7, 11) is 0.